The Morgan fingerprint density at radius 3 is 2.73 bits per heavy atom. The molecule has 1 aromatic rings. The minimum absolute atomic E-state index is 0.0374. The fraction of sp³-hybridized carbons (Fsp3) is 0.632. The molecule has 3 heterocycles. The fourth-order valence-corrected chi connectivity index (χ4v) is 4.06. The SMILES string of the molecule is CC(C)NC(=O)N1CCN(Cc2cccnc2)C[C@@]2(CC(=O)N(C)C2)C1. The highest BCUT2D eigenvalue weighted by Gasteiger charge is 2.46. The van der Waals surface area contributed by atoms with Crippen LogP contribution < -0.4 is 5.32 Å². The molecule has 2 aliphatic heterocycles. The first-order valence-electron chi connectivity index (χ1n) is 9.28. The molecule has 1 N–H and O–H groups in total. The van der Waals surface area contributed by atoms with Gasteiger partial charge in [0.1, 0.15) is 0 Å². The molecule has 0 aliphatic carbocycles. The lowest BCUT2D eigenvalue weighted by molar-refractivity contribution is -0.126. The van der Waals surface area contributed by atoms with Gasteiger partial charge < -0.3 is 15.1 Å². The monoisotopic (exact) mass is 359 g/mol. The third-order valence-corrected chi connectivity index (χ3v) is 5.12. The fourth-order valence-electron chi connectivity index (χ4n) is 4.06. The highest BCUT2D eigenvalue weighted by atomic mass is 16.2. The minimum atomic E-state index is -0.209. The average Bonchev–Trinajstić information content (AvgIpc) is 2.74. The van der Waals surface area contributed by atoms with Crippen molar-refractivity contribution in [2.75, 3.05) is 39.8 Å². The maximum absolute atomic E-state index is 12.6. The number of likely N-dealkylation sites (tertiary alicyclic amines) is 1. The maximum atomic E-state index is 12.6. The number of pyridine rings is 1. The van der Waals surface area contributed by atoms with Gasteiger partial charge in [0.15, 0.2) is 0 Å². The zero-order chi connectivity index (χ0) is 18.7. The second kappa shape index (κ2) is 7.61. The zero-order valence-electron chi connectivity index (χ0n) is 15.9. The van der Waals surface area contributed by atoms with Crippen molar-refractivity contribution in [2.45, 2.75) is 32.9 Å². The summed E-state index contributed by atoms with van der Waals surface area (Å²) < 4.78 is 0. The van der Waals surface area contributed by atoms with Gasteiger partial charge >= 0.3 is 6.03 Å². The van der Waals surface area contributed by atoms with E-state index < -0.39 is 0 Å². The summed E-state index contributed by atoms with van der Waals surface area (Å²) in [5.41, 5.74) is 0.944. The van der Waals surface area contributed by atoms with Crippen LogP contribution in [0.1, 0.15) is 25.8 Å². The van der Waals surface area contributed by atoms with Crippen molar-refractivity contribution >= 4 is 11.9 Å². The van der Waals surface area contributed by atoms with Crippen molar-refractivity contribution < 1.29 is 9.59 Å². The summed E-state index contributed by atoms with van der Waals surface area (Å²) in [4.78, 5) is 35.1. The van der Waals surface area contributed by atoms with Crippen LogP contribution in [-0.2, 0) is 11.3 Å². The molecular weight excluding hydrogens is 330 g/mol. The van der Waals surface area contributed by atoms with Crippen LogP contribution in [0.5, 0.6) is 0 Å². The topological polar surface area (TPSA) is 68.8 Å². The Morgan fingerprint density at radius 1 is 1.31 bits per heavy atom. The van der Waals surface area contributed by atoms with Gasteiger partial charge in [-0.15, -0.1) is 0 Å². The quantitative estimate of drug-likeness (QED) is 0.880. The number of nitrogens with zero attached hydrogens (tertiary/aromatic N) is 4. The van der Waals surface area contributed by atoms with Crippen LogP contribution in [0, 0.1) is 5.41 Å². The predicted octanol–water partition coefficient (Wildman–Crippen LogP) is 1.17. The predicted molar refractivity (Wildman–Crippen MR) is 99.4 cm³/mol. The number of hydrogen-bond donors (Lipinski definition) is 1. The molecule has 26 heavy (non-hydrogen) atoms. The Morgan fingerprint density at radius 2 is 2.12 bits per heavy atom. The summed E-state index contributed by atoms with van der Waals surface area (Å²) in [6.45, 7) is 8.29. The minimum Gasteiger partial charge on any atom is -0.345 e. The summed E-state index contributed by atoms with van der Waals surface area (Å²) in [5.74, 6) is 0.164. The van der Waals surface area contributed by atoms with Crippen LogP contribution in [0.2, 0.25) is 0 Å². The molecule has 0 saturated carbocycles. The Balaban J connectivity index is 1.78. The van der Waals surface area contributed by atoms with Gasteiger partial charge in [-0.25, -0.2) is 4.79 Å². The molecule has 7 heteroatoms. The van der Waals surface area contributed by atoms with Gasteiger partial charge in [-0.3, -0.25) is 14.7 Å². The summed E-state index contributed by atoms with van der Waals surface area (Å²) in [6, 6.07) is 4.07. The van der Waals surface area contributed by atoms with Crippen LogP contribution >= 0.6 is 0 Å². The Bertz CT molecular complexity index is 651. The van der Waals surface area contributed by atoms with Crippen LogP contribution in [0.15, 0.2) is 24.5 Å². The van der Waals surface area contributed by atoms with Gasteiger partial charge in [-0.2, -0.15) is 0 Å². The number of rotatable bonds is 3. The van der Waals surface area contributed by atoms with Gasteiger partial charge in [0.05, 0.1) is 0 Å². The first kappa shape index (κ1) is 18.6. The van der Waals surface area contributed by atoms with E-state index in [-0.39, 0.29) is 23.4 Å². The van der Waals surface area contributed by atoms with Crippen molar-refractivity contribution in [1.82, 2.24) is 25.0 Å². The second-order valence-electron chi connectivity index (χ2n) is 8.02. The van der Waals surface area contributed by atoms with Gasteiger partial charge in [0.25, 0.3) is 0 Å². The van der Waals surface area contributed by atoms with E-state index in [9.17, 15) is 9.59 Å². The Hall–Kier alpha value is -2.15. The van der Waals surface area contributed by atoms with Crippen LogP contribution in [0.3, 0.4) is 0 Å². The van der Waals surface area contributed by atoms with Gasteiger partial charge in [0, 0.05) is 76.6 Å². The second-order valence-corrected chi connectivity index (χ2v) is 8.02. The van der Waals surface area contributed by atoms with Gasteiger partial charge in [0.2, 0.25) is 5.91 Å². The number of nitrogens with one attached hydrogen (secondary N) is 1. The lowest BCUT2D eigenvalue weighted by Crippen LogP contribution is -2.48. The van der Waals surface area contributed by atoms with Crippen molar-refractivity contribution in [2.24, 2.45) is 5.41 Å². The molecule has 1 spiro atoms. The van der Waals surface area contributed by atoms with E-state index >= 15 is 0 Å². The standard InChI is InChI=1S/C19H29N5O2/c1-15(2)21-18(26)24-8-7-23(11-16-5-4-6-20-10-16)13-19(14-24)9-17(25)22(3)12-19/h4-6,10,15H,7-9,11-14H2,1-3H3,(H,21,26)/t19-/m0/s1. The average molecular weight is 359 g/mol. The maximum Gasteiger partial charge on any atom is 0.317 e. The van der Waals surface area contributed by atoms with E-state index in [4.69, 9.17) is 0 Å². The smallest absolute Gasteiger partial charge is 0.317 e. The third-order valence-electron chi connectivity index (χ3n) is 5.12. The molecule has 142 valence electrons. The molecule has 2 saturated heterocycles. The number of urea groups is 1. The largest absolute Gasteiger partial charge is 0.345 e. The molecule has 1 aromatic heterocycles. The van der Waals surface area contributed by atoms with E-state index in [1.54, 1.807) is 11.1 Å². The number of amides is 3. The van der Waals surface area contributed by atoms with E-state index in [0.29, 0.717) is 26.1 Å². The number of hydrogen-bond acceptors (Lipinski definition) is 4. The summed E-state index contributed by atoms with van der Waals surface area (Å²) in [6.07, 6.45) is 4.15. The normalized spacial score (nSPS) is 24.4. The molecule has 2 aliphatic rings. The number of aromatic nitrogens is 1. The van der Waals surface area contributed by atoms with Gasteiger partial charge in [-0.1, -0.05) is 6.07 Å². The van der Waals surface area contributed by atoms with E-state index in [1.165, 1.54) is 0 Å². The highest BCUT2D eigenvalue weighted by Crippen LogP contribution is 2.34. The first-order valence-corrected chi connectivity index (χ1v) is 9.28. The third kappa shape index (κ3) is 4.33. The van der Waals surface area contributed by atoms with E-state index in [2.05, 4.69) is 21.3 Å². The van der Waals surface area contributed by atoms with Crippen LogP contribution in [0.25, 0.3) is 0 Å². The molecule has 1 atom stereocenters. The zero-order valence-corrected chi connectivity index (χ0v) is 15.9. The molecule has 7 nitrogen and oxygen atoms in total. The van der Waals surface area contributed by atoms with Crippen molar-refractivity contribution in [1.29, 1.82) is 0 Å². The lowest BCUT2D eigenvalue weighted by atomic mass is 9.86. The van der Waals surface area contributed by atoms with Crippen molar-refractivity contribution in [3.63, 3.8) is 0 Å². The molecule has 2 fully saturated rings. The van der Waals surface area contributed by atoms with E-state index in [0.717, 1.165) is 25.2 Å². The van der Waals surface area contributed by atoms with Gasteiger partial charge in [-0.05, 0) is 25.5 Å². The first-order chi connectivity index (χ1) is 12.4. The molecule has 0 unspecified atom stereocenters. The number of carbonyl (C=O) groups is 2. The molecule has 3 rings (SSSR count). The molecular formula is C19H29N5O2. The summed E-state index contributed by atoms with van der Waals surface area (Å²) in [7, 11) is 1.85. The highest BCUT2D eigenvalue weighted by molar-refractivity contribution is 5.80. The van der Waals surface area contributed by atoms with Crippen molar-refractivity contribution in [3.8, 4) is 0 Å². The lowest BCUT2D eigenvalue weighted by Gasteiger charge is -2.33. The Kier molecular flexibility index (Phi) is 5.46. The molecule has 0 radical (unpaired) electrons. The Labute approximate surface area is 155 Å². The van der Waals surface area contributed by atoms with Crippen LogP contribution in [0.4, 0.5) is 4.79 Å². The summed E-state index contributed by atoms with van der Waals surface area (Å²) in [5, 5.41) is 2.99. The van der Waals surface area contributed by atoms with E-state index in [1.807, 2.05) is 38.1 Å². The van der Waals surface area contributed by atoms with Crippen molar-refractivity contribution in [3.05, 3.63) is 30.1 Å². The molecule has 3 amide bonds. The summed E-state index contributed by atoms with van der Waals surface area (Å²) >= 11 is 0. The molecule has 0 bridgehead atoms. The number of carbonyl (C=O) groups excluding carboxylic acids is 2. The molecule has 0 aromatic carbocycles. The van der Waals surface area contributed by atoms with Crippen LogP contribution in [-0.4, -0.2) is 77.4 Å².